The van der Waals surface area contributed by atoms with Gasteiger partial charge in [-0.2, -0.15) is 0 Å². The van der Waals surface area contributed by atoms with Gasteiger partial charge in [-0.05, 0) is 206 Å². The first kappa shape index (κ1) is 48.6. The smallest absolute Gasteiger partial charge is 0.279 e. The lowest BCUT2D eigenvalue weighted by Crippen LogP contribution is -2.62. The number of hydrogen-bond donors (Lipinski definition) is 0. The number of benzene rings is 6. The molecule has 8 aromatic rings. The summed E-state index contributed by atoms with van der Waals surface area (Å²) in [7, 11) is 0. The average molecular weight is 992 g/mol. The fourth-order valence-corrected chi connectivity index (χ4v) is 14.6. The molecule has 14 rings (SSSR count). The molecule has 384 valence electrons. The van der Waals surface area contributed by atoms with Gasteiger partial charge in [-0.25, -0.2) is 4.98 Å². The van der Waals surface area contributed by atoms with Gasteiger partial charge in [0.1, 0.15) is 11.2 Å². The molecule has 2 aliphatic heterocycles. The van der Waals surface area contributed by atoms with Crippen LogP contribution >= 0.6 is 0 Å². The third-order valence-electron chi connectivity index (χ3n) is 18.6. The summed E-state index contributed by atoms with van der Waals surface area (Å²) in [5, 5.41) is 2.19. The van der Waals surface area contributed by atoms with Crippen LogP contribution < -0.4 is 26.3 Å². The molecule has 75 heavy (non-hydrogen) atoms. The van der Waals surface area contributed by atoms with Crippen molar-refractivity contribution in [3.63, 3.8) is 0 Å². The zero-order valence-electron chi connectivity index (χ0n) is 47.6. The minimum atomic E-state index is -0.188. The molecule has 0 amide bonds. The Morgan fingerprint density at radius 3 is 1.55 bits per heavy atom. The second-order valence-corrected chi connectivity index (χ2v) is 29.3. The first-order valence-electron chi connectivity index (χ1n) is 28.4. The molecule has 4 bridgehead atoms. The SMILES string of the molecule is CC(C)(C)c1ccc(N2c3ccc(C(C)(C)C)cc3B3c4nc(-c5ccc6oc7ccc(C(C)(C)C)cc7c6c5)oc4N(c4cc(C(C)(C)C)cc(C(C)(C)C)c4)c4cc(C56CC7CC(CC(C7)C5)C6)cc2c43)cc1. The van der Waals surface area contributed by atoms with Gasteiger partial charge in [0, 0.05) is 44.8 Å². The highest BCUT2D eigenvalue weighted by Gasteiger charge is 2.54. The second-order valence-electron chi connectivity index (χ2n) is 29.3. The molecular weight excluding hydrogens is 914 g/mol. The van der Waals surface area contributed by atoms with Gasteiger partial charge in [0.15, 0.2) is 0 Å². The average Bonchev–Trinajstić information content (AvgIpc) is 3.98. The van der Waals surface area contributed by atoms with Crippen LogP contribution in [0.25, 0.3) is 33.4 Å². The summed E-state index contributed by atoms with van der Waals surface area (Å²) in [6.45, 7) is 34.7. The number of anilines is 6. The van der Waals surface area contributed by atoms with Crippen molar-refractivity contribution < 1.29 is 8.83 Å². The van der Waals surface area contributed by atoms with Crippen LogP contribution in [0, 0.1) is 17.8 Å². The van der Waals surface area contributed by atoms with Crippen LogP contribution in [0.2, 0.25) is 0 Å². The van der Waals surface area contributed by atoms with Gasteiger partial charge >= 0.3 is 0 Å². The third-order valence-corrected chi connectivity index (χ3v) is 18.6. The van der Waals surface area contributed by atoms with Gasteiger partial charge in [0.2, 0.25) is 11.8 Å². The lowest BCUT2D eigenvalue weighted by molar-refractivity contribution is -0.00514. The van der Waals surface area contributed by atoms with Gasteiger partial charge in [0.25, 0.3) is 6.71 Å². The first-order valence-corrected chi connectivity index (χ1v) is 28.4. The molecule has 5 nitrogen and oxygen atoms in total. The van der Waals surface area contributed by atoms with Crippen LogP contribution in [0.15, 0.2) is 118 Å². The van der Waals surface area contributed by atoms with Gasteiger partial charge in [-0.1, -0.05) is 140 Å². The van der Waals surface area contributed by atoms with Crippen molar-refractivity contribution in [2.24, 2.45) is 17.8 Å². The zero-order chi connectivity index (χ0) is 52.7. The van der Waals surface area contributed by atoms with Crippen LogP contribution in [0.4, 0.5) is 34.3 Å². The predicted molar refractivity (Wildman–Crippen MR) is 317 cm³/mol. The van der Waals surface area contributed by atoms with Crippen LogP contribution in [0.3, 0.4) is 0 Å². The molecule has 6 heteroatoms. The molecule has 6 aromatic carbocycles. The third kappa shape index (κ3) is 7.87. The largest absolute Gasteiger partial charge is 0.456 e. The van der Waals surface area contributed by atoms with E-state index in [1.54, 1.807) is 0 Å². The summed E-state index contributed by atoms with van der Waals surface area (Å²) in [5.41, 5.74) is 20.2. The van der Waals surface area contributed by atoms with E-state index in [4.69, 9.17) is 13.8 Å². The molecule has 0 N–H and O–H groups in total. The van der Waals surface area contributed by atoms with Crippen molar-refractivity contribution in [2.75, 3.05) is 9.80 Å². The number of hydrogen-bond acceptors (Lipinski definition) is 5. The molecular formula is C69H78BN3O2. The Morgan fingerprint density at radius 1 is 0.467 bits per heavy atom. The van der Waals surface area contributed by atoms with Crippen LogP contribution in [-0.2, 0) is 32.5 Å². The molecule has 0 radical (unpaired) electrons. The molecule has 6 aliphatic rings. The van der Waals surface area contributed by atoms with Crippen molar-refractivity contribution >= 4 is 79.5 Å². The molecule has 4 fully saturated rings. The molecule has 4 aliphatic carbocycles. The maximum atomic E-state index is 7.61. The Balaban J connectivity index is 1.13. The van der Waals surface area contributed by atoms with Crippen molar-refractivity contribution in [1.82, 2.24) is 4.98 Å². The van der Waals surface area contributed by atoms with E-state index in [0.29, 0.717) is 5.89 Å². The van der Waals surface area contributed by atoms with E-state index in [9.17, 15) is 0 Å². The van der Waals surface area contributed by atoms with Gasteiger partial charge in [-0.15, -0.1) is 0 Å². The first-order chi connectivity index (χ1) is 35.2. The Kier molecular flexibility index (Phi) is 10.4. The van der Waals surface area contributed by atoms with E-state index in [1.807, 2.05) is 0 Å². The summed E-state index contributed by atoms with van der Waals surface area (Å²) < 4.78 is 14.1. The highest BCUT2D eigenvalue weighted by atomic mass is 16.4. The van der Waals surface area contributed by atoms with E-state index in [-0.39, 0.29) is 39.2 Å². The number of rotatable bonds is 4. The summed E-state index contributed by atoms with van der Waals surface area (Å²) in [4.78, 5) is 11.0. The molecule has 0 saturated heterocycles. The Hall–Kier alpha value is -6.01. The van der Waals surface area contributed by atoms with E-state index < -0.39 is 0 Å². The standard InChI is InChI=1S/C69H78BN3O2/c1-64(2,3)44-17-21-50(22-18-44)72-55-23-19-46(66(7,8)9)34-54(55)70-60-56(72)35-49(69-37-40-26-41(38-69)28-42(27-40)39-69)36-57(60)73(51-31-47(67(10,11)12)30-48(32-51)68(13,14)15)63-61(70)71-62(75-63)43-16-24-58-52(29-43)53-33-45(65(4,5)6)20-25-59(53)74-58/h16-25,29-36,40-42H,26-28,37-39H2,1-15H3. The molecule has 0 unspecified atom stereocenters. The topological polar surface area (TPSA) is 45.7 Å². The minimum absolute atomic E-state index is 0.00433. The highest BCUT2D eigenvalue weighted by Crippen LogP contribution is 2.62. The fourth-order valence-electron chi connectivity index (χ4n) is 14.6. The summed E-state index contributed by atoms with van der Waals surface area (Å²) in [5.74, 6) is 3.84. The van der Waals surface area contributed by atoms with E-state index in [2.05, 4.69) is 223 Å². The Morgan fingerprint density at radius 2 is 0.973 bits per heavy atom. The molecule has 4 heterocycles. The monoisotopic (exact) mass is 992 g/mol. The normalized spacial score (nSPS) is 21.3. The van der Waals surface area contributed by atoms with Gasteiger partial charge in [-0.3, -0.25) is 4.90 Å². The van der Waals surface area contributed by atoms with Crippen molar-refractivity contribution in [1.29, 1.82) is 0 Å². The molecule has 0 spiro atoms. The van der Waals surface area contributed by atoms with Gasteiger partial charge < -0.3 is 13.7 Å². The van der Waals surface area contributed by atoms with Crippen LogP contribution in [0.1, 0.15) is 176 Å². The number of aromatic nitrogens is 1. The predicted octanol–water partition coefficient (Wildman–Crippen LogP) is 17.3. The molecule has 4 saturated carbocycles. The zero-order valence-corrected chi connectivity index (χ0v) is 47.6. The molecule has 2 aromatic heterocycles. The minimum Gasteiger partial charge on any atom is -0.456 e. The maximum Gasteiger partial charge on any atom is 0.279 e. The fraction of sp³-hybridized carbons (Fsp3) is 0.435. The van der Waals surface area contributed by atoms with E-state index >= 15 is 0 Å². The van der Waals surface area contributed by atoms with E-state index in [1.165, 1.54) is 106 Å². The number of oxazole rings is 1. The van der Waals surface area contributed by atoms with Crippen LogP contribution in [-0.4, -0.2) is 11.7 Å². The number of nitrogens with zero attached hydrogens (tertiary/aromatic N) is 3. The van der Waals surface area contributed by atoms with E-state index in [0.717, 1.165) is 62.4 Å². The summed E-state index contributed by atoms with van der Waals surface area (Å²) >= 11 is 0. The Bertz CT molecular complexity index is 3560. The highest BCUT2D eigenvalue weighted by molar-refractivity contribution is 6.99. The van der Waals surface area contributed by atoms with Crippen molar-refractivity contribution in [3.8, 4) is 11.5 Å². The summed E-state index contributed by atoms with van der Waals surface area (Å²) in [6.07, 6.45) is 8.04. The van der Waals surface area contributed by atoms with Crippen molar-refractivity contribution in [2.45, 2.75) is 175 Å². The van der Waals surface area contributed by atoms with Crippen molar-refractivity contribution in [3.05, 3.63) is 143 Å². The molecule has 0 atom stereocenters. The Labute approximate surface area is 447 Å². The lowest BCUT2D eigenvalue weighted by atomic mass is 9.35. The second kappa shape index (κ2) is 16.0. The number of furan rings is 1. The quantitative estimate of drug-likeness (QED) is 0.164. The lowest BCUT2D eigenvalue weighted by Gasteiger charge is -2.57. The van der Waals surface area contributed by atoms with Gasteiger partial charge in [0.05, 0.1) is 5.59 Å². The van der Waals surface area contributed by atoms with Crippen LogP contribution in [0.5, 0.6) is 0 Å². The number of fused-ring (bicyclic) bond motifs is 7. The summed E-state index contributed by atoms with van der Waals surface area (Å²) in [6, 6.07) is 42.7. The maximum absolute atomic E-state index is 7.61.